The molecule has 0 unspecified atom stereocenters. The van der Waals surface area contributed by atoms with Crippen LogP contribution >= 0.6 is 23.1 Å². The van der Waals surface area contributed by atoms with Crippen LogP contribution in [-0.2, 0) is 18.4 Å². The third-order valence-corrected chi connectivity index (χ3v) is 6.81. The maximum atomic E-state index is 12.5. The van der Waals surface area contributed by atoms with Gasteiger partial charge in [-0.15, -0.1) is 10.2 Å². The van der Waals surface area contributed by atoms with Crippen LogP contribution in [0, 0.1) is 0 Å². The Morgan fingerprint density at radius 2 is 2.00 bits per heavy atom. The predicted molar refractivity (Wildman–Crippen MR) is 124 cm³/mol. The van der Waals surface area contributed by atoms with E-state index in [-0.39, 0.29) is 30.9 Å². The fourth-order valence-electron chi connectivity index (χ4n) is 3.13. The van der Waals surface area contributed by atoms with Gasteiger partial charge in [0.1, 0.15) is 0 Å². The first-order valence-electron chi connectivity index (χ1n) is 9.91. The van der Waals surface area contributed by atoms with Gasteiger partial charge in [-0.1, -0.05) is 35.2 Å². The second-order valence-electron chi connectivity index (χ2n) is 7.03. The van der Waals surface area contributed by atoms with Crippen molar-refractivity contribution in [2.75, 3.05) is 17.9 Å². The molecule has 4 aromatic rings. The quantitative estimate of drug-likeness (QED) is 0.386. The molecule has 5 rings (SSSR count). The van der Waals surface area contributed by atoms with Gasteiger partial charge in [-0.05, 0) is 30.3 Å². The standard InChI is InChI=1S/C21H18N6O4S2/c1-27-17(9-22-19(29)12-6-7-14-15(8-12)31-11-30-14)25-26-21(27)32-10-18(28)24-20-23-13-4-2-3-5-16(13)33-20/h2-8H,9-11H2,1H3,(H,22,29)(H,23,24,28). The minimum Gasteiger partial charge on any atom is -0.454 e. The number of thiazole rings is 1. The number of rotatable bonds is 7. The number of fused-ring (bicyclic) bond motifs is 2. The van der Waals surface area contributed by atoms with Gasteiger partial charge in [-0.3, -0.25) is 9.59 Å². The topological polar surface area (TPSA) is 120 Å². The molecule has 3 heterocycles. The number of para-hydroxylation sites is 1. The number of anilines is 1. The highest BCUT2D eigenvalue weighted by atomic mass is 32.2. The van der Waals surface area contributed by atoms with Gasteiger partial charge in [-0.25, -0.2) is 4.98 Å². The summed E-state index contributed by atoms with van der Waals surface area (Å²) in [5.74, 6) is 1.45. The number of nitrogens with zero attached hydrogens (tertiary/aromatic N) is 4. The van der Waals surface area contributed by atoms with Crippen LogP contribution in [0.15, 0.2) is 47.6 Å². The molecule has 0 atom stereocenters. The molecule has 0 saturated carbocycles. The summed E-state index contributed by atoms with van der Waals surface area (Å²) in [5, 5.41) is 15.0. The van der Waals surface area contributed by atoms with Crippen LogP contribution in [0.25, 0.3) is 10.2 Å². The summed E-state index contributed by atoms with van der Waals surface area (Å²) in [6.07, 6.45) is 0. The third kappa shape index (κ3) is 4.61. The highest BCUT2D eigenvalue weighted by Crippen LogP contribution is 2.32. The molecule has 2 aromatic carbocycles. The average Bonchev–Trinajstić information content (AvgIpc) is 3.53. The number of benzene rings is 2. The molecule has 0 saturated heterocycles. The summed E-state index contributed by atoms with van der Waals surface area (Å²) < 4.78 is 13.3. The smallest absolute Gasteiger partial charge is 0.251 e. The zero-order valence-electron chi connectivity index (χ0n) is 17.4. The Hall–Kier alpha value is -3.64. The second-order valence-corrected chi connectivity index (χ2v) is 9.01. The van der Waals surface area contributed by atoms with E-state index >= 15 is 0 Å². The van der Waals surface area contributed by atoms with Gasteiger partial charge in [0.2, 0.25) is 12.7 Å². The van der Waals surface area contributed by atoms with Crippen molar-refractivity contribution < 1.29 is 19.1 Å². The molecule has 0 bridgehead atoms. The van der Waals surface area contributed by atoms with E-state index in [0.29, 0.717) is 33.2 Å². The van der Waals surface area contributed by atoms with E-state index in [1.807, 2.05) is 24.3 Å². The molecule has 12 heteroatoms. The molecule has 1 aliphatic rings. The van der Waals surface area contributed by atoms with Crippen molar-refractivity contribution in [3.8, 4) is 11.5 Å². The van der Waals surface area contributed by atoms with Crippen molar-refractivity contribution >= 4 is 50.3 Å². The maximum Gasteiger partial charge on any atom is 0.251 e. The molecular weight excluding hydrogens is 464 g/mol. The first kappa shape index (κ1) is 21.2. The molecule has 10 nitrogen and oxygen atoms in total. The highest BCUT2D eigenvalue weighted by Gasteiger charge is 2.17. The summed E-state index contributed by atoms with van der Waals surface area (Å²) in [4.78, 5) is 29.2. The van der Waals surface area contributed by atoms with Crippen molar-refractivity contribution in [1.82, 2.24) is 25.1 Å². The molecule has 33 heavy (non-hydrogen) atoms. The van der Waals surface area contributed by atoms with Gasteiger partial charge in [-0.2, -0.15) is 0 Å². The Labute approximate surface area is 196 Å². The number of ether oxygens (including phenoxy) is 2. The van der Waals surface area contributed by atoms with Gasteiger partial charge < -0.3 is 24.7 Å². The van der Waals surface area contributed by atoms with Crippen LogP contribution in [0.1, 0.15) is 16.2 Å². The fourth-order valence-corrected chi connectivity index (χ4v) is 4.75. The van der Waals surface area contributed by atoms with E-state index in [1.54, 1.807) is 29.8 Å². The van der Waals surface area contributed by atoms with E-state index in [0.717, 1.165) is 10.2 Å². The lowest BCUT2D eigenvalue weighted by Gasteiger charge is -2.07. The minimum atomic E-state index is -0.263. The average molecular weight is 483 g/mol. The highest BCUT2D eigenvalue weighted by molar-refractivity contribution is 7.99. The second kappa shape index (κ2) is 9.08. The van der Waals surface area contributed by atoms with Crippen LogP contribution in [0.3, 0.4) is 0 Å². The molecule has 2 amide bonds. The Morgan fingerprint density at radius 3 is 2.88 bits per heavy atom. The van der Waals surface area contributed by atoms with Crippen LogP contribution in [0.4, 0.5) is 5.13 Å². The number of carbonyl (C=O) groups is 2. The number of carbonyl (C=O) groups excluding carboxylic acids is 2. The number of hydrogen-bond acceptors (Lipinski definition) is 9. The van der Waals surface area contributed by atoms with Crippen molar-refractivity contribution in [3.63, 3.8) is 0 Å². The predicted octanol–water partition coefficient (Wildman–Crippen LogP) is 2.81. The fraction of sp³-hybridized carbons (Fsp3) is 0.190. The lowest BCUT2D eigenvalue weighted by molar-refractivity contribution is -0.113. The Bertz CT molecular complexity index is 1320. The van der Waals surface area contributed by atoms with E-state index in [9.17, 15) is 9.59 Å². The van der Waals surface area contributed by atoms with Gasteiger partial charge in [0.05, 0.1) is 22.5 Å². The van der Waals surface area contributed by atoms with Crippen LogP contribution < -0.4 is 20.1 Å². The van der Waals surface area contributed by atoms with Gasteiger partial charge in [0, 0.05) is 12.6 Å². The molecule has 1 aliphatic heterocycles. The zero-order valence-corrected chi connectivity index (χ0v) is 19.0. The van der Waals surface area contributed by atoms with Gasteiger partial charge in [0.15, 0.2) is 27.6 Å². The molecule has 2 aromatic heterocycles. The van der Waals surface area contributed by atoms with Gasteiger partial charge in [0.25, 0.3) is 5.91 Å². The zero-order chi connectivity index (χ0) is 22.8. The summed E-state index contributed by atoms with van der Waals surface area (Å²) >= 11 is 2.69. The van der Waals surface area contributed by atoms with Crippen molar-refractivity contribution in [2.24, 2.45) is 7.05 Å². The van der Waals surface area contributed by atoms with Crippen LogP contribution in [0.2, 0.25) is 0 Å². The molecule has 0 fully saturated rings. The van der Waals surface area contributed by atoms with E-state index in [1.165, 1.54) is 23.1 Å². The molecule has 0 aliphatic carbocycles. The molecule has 0 spiro atoms. The summed E-state index contributed by atoms with van der Waals surface area (Å²) in [6.45, 7) is 0.341. The van der Waals surface area contributed by atoms with Crippen molar-refractivity contribution in [1.29, 1.82) is 0 Å². The third-order valence-electron chi connectivity index (χ3n) is 4.84. The number of aromatic nitrogens is 4. The summed E-state index contributed by atoms with van der Waals surface area (Å²) in [5.41, 5.74) is 1.31. The SMILES string of the molecule is Cn1c(CNC(=O)c2ccc3c(c2)OCO3)nnc1SCC(=O)Nc1nc2ccccc2s1. The molecule has 0 radical (unpaired) electrons. The van der Waals surface area contributed by atoms with Crippen LogP contribution in [0.5, 0.6) is 11.5 Å². The Balaban J connectivity index is 1.14. The van der Waals surface area contributed by atoms with E-state index < -0.39 is 0 Å². The monoisotopic (exact) mass is 482 g/mol. The lowest BCUT2D eigenvalue weighted by atomic mass is 10.2. The van der Waals surface area contributed by atoms with E-state index in [4.69, 9.17) is 9.47 Å². The van der Waals surface area contributed by atoms with Crippen LogP contribution in [-0.4, -0.2) is 44.1 Å². The maximum absolute atomic E-state index is 12.5. The van der Waals surface area contributed by atoms with E-state index in [2.05, 4.69) is 25.8 Å². The van der Waals surface area contributed by atoms with Crippen molar-refractivity contribution in [2.45, 2.75) is 11.7 Å². The Kier molecular flexibility index (Phi) is 5.84. The normalized spacial score (nSPS) is 12.2. The summed E-state index contributed by atoms with van der Waals surface area (Å²) in [7, 11) is 1.79. The molecular formula is C21H18N6O4S2. The van der Waals surface area contributed by atoms with Gasteiger partial charge >= 0.3 is 0 Å². The lowest BCUT2D eigenvalue weighted by Crippen LogP contribution is -2.24. The first-order valence-corrected chi connectivity index (χ1v) is 11.7. The number of amides is 2. The molecule has 2 N–H and O–H groups in total. The Morgan fingerprint density at radius 1 is 1.15 bits per heavy atom. The number of nitrogens with one attached hydrogen (secondary N) is 2. The number of thioether (sulfide) groups is 1. The minimum absolute atomic E-state index is 0.151. The molecule has 168 valence electrons. The number of hydrogen-bond donors (Lipinski definition) is 2. The summed E-state index contributed by atoms with van der Waals surface area (Å²) in [6, 6.07) is 12.7. The largest absolute Gasteiger partial charge is 0.454 e. The van der Waals surface area contributed by atoms with Crippen molar-refractivity contribution in [3.05, 3.63) is 53.9 Å². The first-order chi connectivity index (χ1) is 16.1.